The summed E-state index contributed by atoms with van der Waals surface area (Å²) in [4.78, 5) is 24.4. The zero-order valence-electron chi connectivity index (χ0n) is 8.40. The molecule has 2 unspecified atom stereocenters. The van der Waals surface area contributed by atoms with Crippen LogP contribution in [0.25, 0.3) is 0 Å². The molecule has 0 bridgehead atoms. The molecular formula is C11H13NO3. The second-order valence-corrected chi connectivity index (χ2v) is 4.57. The second kappa shape index (κ2) is 2.84. The largest absolute Gasteiger partial charge is 0.477 e. The van der Waals surface area contributed by atoms with Crippen molar-refractivity contribution in [1.29, 1.82) is 0 Å². The first-order valence-electron chi connectivity index (χ1n) is 5.46. The number of carboxylic acid groups (broad SMARTS) is 1. The topological polar surface area (TPSA) is 57.6 Å². The average Bonchev–Trinajstić information content (AvgIpc) is 2.45. The van der Waals surface area contributed by atoms with Gasteiger partial charge in [-0.3, -0.25) is 4.79 Å². The van der Waals surface area contributed by atoms with Gasteiger partial charge in [-0.1, -0.05) is 6.42 Å². The standard InChI is InChI=1S/C11H13NO3/c13-8-5-12-9(8)6-3-1-2-4-7(6)10(12)11(14)15/h6,9H,1-5H2,(H,14,15). The fraction of sp³-hybridized carbons (Fsp3) is 0.636. The summed E-state index contributed by atoms with van der Waals surface area (Å²) >= 11 is 0. The second-order valence-electron chi connectivity index (χ2n) is 4.57. The number of hydrogen-bond acceptors (Lipinski definition) is 3. The van der Waals surface area contributed by atoms with E-state index < -0.39 is 5.97 Å². The van der Waals surface area contributed by atoms with Crippen LogP contribution < -0.4 is 0 Å². The van der Waals surface area contributed by atoms with Crippen molar-refractivity contribution in [2.75, 3.05) is 6.54 Å². The number of fused-ring (bicyclic) bond motifs is 3. The quantitative estimate of drug-likeness (QED) is 0.690. The highest BCUT2D eigenvalue weighted by Crippen LogP contribution is 2.46. The maximum absolute atomic E-state index is 11.5. The van der Waals surface area contributed by atoms with Gasteiger partial charge in [-0.2, -0.15) is 0 Å². The number of nitrogens with zero attached hydrogens (tertiary/aromatic N) is 1. The number of aliphatic carboxylic acids is 1. The van der Waals surface area contributed by atoms with Crippen molar-refractivity contribution < 1.29 is 14.7 Å². The van der Waals surface area contributed by atoms with Crippen molar-refractivity contribution >= 4 is 11.8 Å². The van der Waals surface area contributed by atoms with E-state index in [4.69, 9.17) is 5.11 Å². The first kappa shape index (κ1) is 8.95. The van der Waals surface area contributed by atoms with Crippen LogP contribution in [0.3, 0.4) is 0 Å². The van der Waals surface area contributed by atoms with Crippen molar-refractivity contribution in [3.63, 3.8) is 0 Å². The van der Waals surface area contributed by atoms with Gasteiger partial charge in [0.25, 0.3) is 0 Å². The average molecular weight is 207 g/mol. The van der Waals surface area contributed by atoms with Crippen LogP contribution in [0, 0.1) is 5.92 Å². The molecule has 2 fully saturated rings. The first-order valence-corrected chi connectivity index (χ1v) is 5.46. The molecule has 0 aromatic rings. The third-order valence-corrected chi connectivity index (χ3v) is 3.83. The highest BCUT2D eigenvalue weighted by atomic mass is 16.4. The molecule has 2 heterocycles. The van der Waals surface area contributed by atoms with E-state index in [1.165, 1.54) is 0 Å². The predicted octanol–water partition coefficient (Wildman–Crippen LogP) is 0.782. The highest BCUT2D eigenvalue weighted by molar-refractivity contribution is 5.99. The lowest BCUT2D eigenvalue weighted by molar-refractivity contribution is -0.140. The summed E-state index contributed by atoms with van der Waals surface area (Å²) in [7, 11) is 0. The first-order chi connectivity index (χ1) is 7.20. The highest BCUT2D eigenvalue weighted by Gasteiger charge is 2.53. The summed E-state index contributed by atoms with van der Waals surface area (Å²) in [5.74, 6) is -0.423. The molecule has 1 N–H and O–H groups in total. The van der Waals surface area contributed by atoms with Crippen LogP contribution in [0.2, 0.25) is 0 Å². The molecule has 0 amide bonds. The van der Waals surface area contributed by atoms with E-state index in [1.807, 2.05) is 0 Å². The predicted molar refractivity (Wildman–Crippen MR) is 52.1 cm³/mol. The van der Waals surface area contributed by atoms with E-state index in [0.717, 1.165) is 31.3 Å². The minimum absolute atomic E-state index is 0.119. The van der Waals surface area contributed by atoms with Gasteiger partial charge < -0.3 is 10.0 Å². The number of hydrogen-bond donors (Lipinski definition) is 1. The number of carboxylic acids is 1. The zero-order chi connectivity index (χ0) is 10.6. The van der Waals surface area contributed by atoms with Gasteiger partial charge in [0, 0.05) is 5.92 Å². The lowest BCUT2D eigenvalue weighted by atomic mass is 9.79. The minimum Gasteiger partial charge on any atom is -0.477 e. The summed E-state index contributed by atoms with van der Waals surface area (Å²) < 4.78 is 0. The van der Waals surface area contributed by atoms with Gasteiger partial charge in [0.1, 0.15) is 5.70 Å². The van der Waals surface area contributed by atoms with Crippen LogP contribution in [0.15, 0.2) is 11.3 Å². The van der Waals surface area contributed by atoms with Crippen molar-refractivity contribution in [1.82, 2.24) is 4.90 Å². The number of carbonyl (C=O) groups excluding carboxylic acids is 1. The van der Waals surface area contributed by atoms with Crippen LogP contribution >= 0.6 is 0 Å². The Morgan fingerprint density at radius 3 is 2.87 bits per heavy atom. The van der Waals surface area contributed by atoms with E-state index in [0.29, 0.717) is 12.2 Å². The molecule has 3 rings (SSSR count). The van der Waals surface area contributed by atoms with E-state index in [2.05, 4.69) is 0 Å². The molecule has 0 spiro atoms. The fourth-order valence-electron chi connectivity index (χ4n) is 3.21. The lowest BCUT2D eigenvalue weighted by Crippen LogP contribution is -2.56. The van der Waals surface area contributed by atoms with Crippen LogP contribution in [-0.2, 0) is 9.59 Å². The zero-order valence-corrected chi connectivity index (χ0v) is 8.40. The Morgan fingerprint density at radius 2 is 2.20 bits per heavy atom. The molecule has 4 nitrogen and oxygen atoms in total. The van der Waals surface area contributed by atoms with Crippen LogP contribution in [0.1, 0.15) is 25.7 Å². The van der Waals surface area contributed by atoms with Gasteiger partial charge >= 0.3 is 5.97 Å². The summed E-state index contributed by atoms with van der Waals surface area (Å²) in [5.41, 5.74) is 1.47. The minimum atomic E-state index is -0.855. The van der Waals surface area contributed by atoms with Crippen molar-refractivity contribution in [3.05, 3.63) is 11.3 Å². The molecule has 80 valence electrons. The number of rotatable bonds is 1. The van der Waals surface area contributed by atoms with Gasteiger partial charge in [0.15, 0.2) is 5.78 Å². The van der Waals surface area contributed by atoms with Gasteiger partial charge in [-0.05, 0) is 24.8 Å². The maximum Gasteiger partial charge on any atom is 0.352 e. The summed E-state index contributed by atoms with van der Waals surface area (Å²) in [5, 5.41) is 9.15. The molecule has 0 aromatic carbocycles. The Hall–Kier alpha value is -1.32. The molecule has 15 heavy (non-hydrogen) atoms. The Morgan fingerprint density at radius 1 is 1.40 bits per heavy atom. The molecular weight excluding hydrogens is 194 g/mol. The Bertz CT molecular complexity index is 385. The van der Waals surface area contributed by atoms with Crippen LogP contribution in [0.5, 0.6) is 0 Å². The fourth-order valence-corrected chi connectivity index (χ4v) is 3.21. The molecule has 1 saturated heterocycles. The van der Waals surface area contributed by atoms with E-state index >= 15 is 0 Å². The Labute approximate surface area is 87.6 Å². The molecule has 2 aliphatic heterocycles. The van der Waals surface area contributed by atoms with Gasteiger partial charge in [0.2, 0.25) is 0 Å². The van der Waals surface area contributed by atoms with Gasteiger partial charge in [-0.25, -0.2) is 4.79 Å². The monoisotopic (exact) mass is 207 g/mol. The molecule has 0 radical (unpaired) electrons. The van der Waals surface area contributed by atoms with Crippen molar-refractivity contribution in [2.24, 2.45) is 5.92 Å². The Balaban J connectivity index is 2.02. The molecule has 3 aliphatic rings. The number of Topliss-reactive ketones (excluding diaryl/α,β-unsaturated/α-hetero) is 1. The van der Waals surface area contributed by atoms with Crippen LogP contribution in [-0.4, -0.2) is 34.3 Å². The lowest BCUT2D eigenvalue weighted by Gasteiger charge is -2.39. The van der Waals surface area contributed by atoms with E-state index in [1.54, 1.807) is 4.90 Å². The molecule has 1 aliphatic carbocycles. The maximum atomic E-state index is 11.5. The molecule has 0 aromatic heterocycles. The van der Waals surface area contributed by atoms with E-state index in [-0.39, 0.29) is 17.7 Å². The van der Waals surface area contributed by atoms with Crippen molar-refractivity contribution in [3.8, 4) is 0 Å². The van der Waals surface area contributed by atoms with Gasteiger partial charge in [0.05, 0.1) is 12.6 Å². The summed E-state index contributed by atoms with van der Waals surface area (Å²) in [6.45, 7) is 0.312. The normalized spacial score (nSPS) is 33.6. The van der Waals surface area contributed by atoms with Crippen molar-refractivity contribution in [2.45, 2.75) is 31.7 Å². The smallest absolute Gasteiger partial charge is 0.352 e. The van der Waals surface area contributed by atoms with Crippen LogP contribution in [0.4, 0.5) is 0 Å². The molecule has 4 heteroatoms. The van der Waals surface area contributed by atoms with Gasteiger partial charge in [-0.15, -0.1) is 0 Å². The SMILES string of the molecule is O=C(O)C1=C2CCCCC2C2C(=O)CN12. The number of ketones is 1. The third kappa shape index (κ3) is 1.02. The third-order valence-electron chi connectivity index (χ3n) is 3.83. The molecule has 1 saturated carbocycles. The molecule has 2 atom stereocenters. The Kier molecular flexibility index (Phi) is 1.69. The number of carbonyl (C=O) groups is 2. The summed E-state index contributed by atoms with van der Waals surface area (Å²) in [6.07, 6.45) is 4.04. The summed E-state index contributed by atoms with van der Waals surface area (Å²) in [6, 6.07) is -0.119. The van der Waals surface area contributed by atoms with E-state index in [9.17, 15) is 9.59 Å².